The molecule has 100 valence electrons. The Morgan fingerprint density at radius 1 is 1.42 bits per heavy atom. The normalized spacial score (nSPS) is 12.4. The van der Waals surface area contributed by atoms with Gasteiger partial charge in [0.05, 0.1) is 11.7 Å². The van der Waals surface area contributed by atoms with E-state index in [-0.39, 0.29) is 11.9 Å². The molecule has 1 aromatic carbocycles. The maximum absolute atomic E-state index is 13.0. The SMILES string of the molecule is Cc1cccnc1C(Cc1ccc(F)cc1Cl)NN. The highest BCUT2D eigenvalue weighted by Crippen LogP contribution is 2.24. The monoisotopic (exact) mass is 279 g/mol. The Balaban J connectivity index is 2.27. The van der Waals surface area contributed by atoms with Crippen LogP contribution in [0.2, 0.25) is 5.02 Å². The van der Waals surface area contributed by atoms with E-state index < -0.39 is 0 Å². The predicted octanol–water partition coefficient (Wildman–Crippen LogP) is 2.93. The van der Waals surface area contributed by atoms with Crippen molar-refractivity contribution in [3.05, 3.63) is 64.2 Å². The van der Waals surface area contributed by atoms with Crippen LogP contribution in [0.4, 0.5) is 4.39 Å². The predicted molar refractivity (Wildman–Crippen MR) is 74.2 cm³/mol. The largest absolute Gasteiger partial charge is 0.271 e. The number of hydrogen-bond donors (Lipinski definition) is 2. The van der Waals surface area contributed by atoms with Crippen molar-refractivity contribution in [3.8, 4) is 0 Å². The van der Waals surface area contributed by atoms with Gasteiger partial charge < -0.3 is 0 Å². The van der Waals surface area contributed by atoms with Gasteiger partial charge in [-0.15, -0.1) is 0 Å². The van der Waals surface area contributed by atoms with Crippen LogP contribution in [0, 0.1) is 12.7 Å². The number of pyridine rings is 1. The van der Waals surface area contributed by atoms with E-state index in [0.29, 0.717) is 11.4 Å². The molecule has 0 radical (unpaired) electrons. The number of hydrogen-bond acceptors (Lipinski definition) is 3. The van der Waals surface area contributed by atoms with Gasteiger partial charge in [-0.2, -0.15) is 0 Å². The second-order valence-electron chi connectivity index (χ2n) is 4.36. The fourth-order valence-electron chi connectivity index (χ4n) is 2.00. The summed E-state index contributed by atoms with van der Waals surface area (Å²) in [6, 6.07) is 8.04. The molecule has 5 heteroatoms. The van der Waals surface area contributed by atoms with Crippen molar-refractivity contribution in [2.45, 2.75) is 19.4 Å². The zero-order valence-corrected chi connectivity index (χ0v) is 11.3. The van der Waals surface area contributed by atoms with Crippen molar-refractivity contribution in [1.82, 2.24) is 10.4 Å². The molecule has 0 amide bonds. The zero-order valence-electron chi connectivity index (χ0n) is 10.5. The Bertz CT molecular complexity index is 574. The summed E-state index contributed by atoms with van der Waals surface area (Å²) in [5.74, 6) is 5.25. The van der Waals surface area contributed by atoms with Crippen molar-refractivity contribution in [3.63, 3.8) is 0 Å². The van der Waals surface area contributed by atoms with Gasteiger partial charge in [-0.05, 0) is 42.7 Å². The van der Waals surface area contributed by atoms with Crippen molar-refractivity contribution < 1.29 is 4.39 Å². The van der Waals surface area contributed by atoms with Crippen LogP contribution >= 0.6 is 11.6 Å². The second-order valence-corrected chi connectivity index (χ2v) is 4.77. The molecule has 1 unspecified atom stereocenters. The van der Waals surface area contributed by atoms with Crippen LogP contribution in [0.3, 0.4) is 0 Å². The van der Waals surface area contributed by atoms with Gasteiger partial charge in [0, 0.05) is 11.2 Å². The van der Waals surface area contributed by atoms with Crippen LogP contribution in [0.15, 0.2) is 36.5 Å². The first-order valence-corrected chi connectivity index (χ1v) is 6.31. The first-order chi connectivity index (χ1) is 9.11. The van der Waals surface area contributed by atoms with E-state index in [0.717, 1.165) is 16.8 Å². The lowest BCUT2D eigenvalue weighted by Crippen LogP contribution is -2.30. The molecule has 1 heterocycles. The fourth-order valence-corrected chi connectivity index (χ4v) is 2.25. The lowest BCUT2D eigenvalue weighted by Gasteiger charge is -2.18. The van der Waals surface area contributed by atoms with E-state index in [9.17, 15) is 4.39 Å². The van der Waals surface area contributed by atoms with Gasteiger partial charge in [0.15, 0.2) is 0 Å². The molecule has 0 bridgehead atoms. The van der Waals surface area contributed by atoms with Gasteiger partial charge in [0.2, 0.25) is 0 Å². The summed E-state index contributed by atoms with van der Waals surface area (Å²) in [6.07, 6.45) is 2.27. The summed E-state index contributed by atoms with van der Waals surface area (Å²) in [4.78, 5) is 4.33. The number of halogens is 2. The Kier molecular flexibility index (Phi) is 4.47. The lowest BCUT2D eigenvalue weighted by molar-refractivity contribution is 0.534. The molecule has 1 aromatic heterocycles. The molecule has 2 rings (SSSR count). The lowest BCUT2D eigenvalue weighted by atomic mass is 10.0. The van der Waals surface area contributed by atoms with E-state index >= 15 is 0 Å². The van der Waals surface area contributed by atoms with Crippen molar-refractivity contribution in [1.29, 1.82) is 0 Å². The molecule has 0 aliphatic rings. The number of nitrogens with zero attached hydrogens (tertiary/aromatic N) is 1. The van der Waals surface area contributed by atoms with Crippen LogP contribution < -0.4 is 11.3 Å². The highest BCUT2D eigenvalue weighted by atomic mass is 35.5. The summed E-state index contributed by atoms with van der Waals surface area (Å²) >= 11 is 6.03. The highest BCUT2D eigenvalue weighted by molar-refractivity contribution is 6.31. The van der Waals surface area contributed by atoms with E-state index in [1.165, 1.54) is 12.1 Å². The van der Waals surface area contributed by atoms with Crippen molar-refractivity contribution in [2.24, 2.45) is 5.84 Å². The van der Waals surface area contributed by atoms with Crippen LogP contribution in [0.1, 0.15) is 22.9 Å². The first-order valence-electron chi connectivity index (χ1n) is 5.93. The molecule has 0 fully saturated rings. The fraction of sp³-hybridized carbons (Fsp3) is 0.214. The molecule has 0 aliphatic heterocycles. The molecule has 0 spiro atoms. The van der Waals surface area contributed by atoms with Gasteiger partial charge in [0.1, 0.15) is 5.82 Å². The summed E-state index contributed by atoms with van der Waals surface area (Å²) in [6.45, 7) is 1.97. The van der Waals surface area contributed by atoms with Crippen molar-refractivity contribution in [2.75, 3.05) is 0 Å². The minimum absolute atomic E-state index is 0.163. The number of nitrogens with two attached hydrogens (primary N) is 1. The Morgan fingerprint density at radius 2 is 2.21 bits per heavy atom. The van der Waals surface area contributed by atoms with E-state index in [2.05, 4.69) is 10.4 Å². The third-order valence-electron chi connectivity index (χ3n) is 3.02. The molecular formula is C14H15ClFN3. The zero-order chi connectivity index (χ0) is 13.8. The topological polar surface area (TPSA) is 50.9 Å². The maximum Gasteiger partial charge on any atom is 0.124 e. The highest BCUT2D eigenvalue weighted by Gasteiger charge is 2.16. The first kappa shape index (κ1) is 13.9. The van der Waals surface area contributed by atoms with Gasteiger partial charge in [-0.3, -0.25) is 16.3 Å². The van der Waals surface area contributed by atoms with Crippen LogP contribution in [-0.4, -0.2) is 4.98 Å². The third-order valence-corrected chi connectivity index (χ3v) is 3.37. The quantitative estimate of drug-likeness (QED) is 0.668. The van der Waals surface area contributed by atoms with Crippen LogP contribution in [0.25, 0.3) is 0 Å². The molecule has 0 saturated carbocycles. The van der Waals surface area contributed by atoms with Gasteiger partial charge in [0.25, 0.3) is 0 Å². The molecular weight excluding hydrogens is 265 g/mol. The number of hydrazine groups is 1. The maximum atomic E-state index is 13.0. The Hall–Kier alpha value is -1.49. The van der Waals surface area contributed by atoms with Crippen LogP contribution in [-0.2, 0) is 6.42 Å². The molecule has 3 N–H and O–H groups in total. The van der Waals surface area contributed by atoms with Gasteiger partial charge >= 0.3 is 0 Å². The third kappa shape index (κ3) is 3.29. The van der Waals surface area contributed by atoms with E-state index in [1.54, 1.807) is 12.3 Å². The smallest absolute Gasteiger partial charge is 0.124 e. The summed E-state index contributed by atoms with van der Waals surface area (Å²) in [5.41, 5.74) is 5.48. The Labute approximate surface area is 116 Å². The van der Waals surface area contributed by atoms with Crippen molar-refractivity contribution >= 4 is 11.6 Å². The molecule has 3 nitrogen and oxygen atoms in total. The molecule has 0 saturated heterocycles. The number of nitrogens with one attached hydrogen (secondary N) is 1. The van der Waals surface area contributed by atoms with Gasteiger partial charge in [-0.25, -0.2) is 4.39 Å². The Morgan fingerprint density at radius 3 is 2.84 bits per heavy atom. The summed E-state index contributed by atoms with van der Waals surface area (Å²) in [7, 11) is 0. The van der Waals surface area contributed by atoms with Crippen LogP contribution in [0.5, 0.6) is 0 Å². The number of rotatable bonds is 4. The molecule has 2 aromatic rings. The van der Waals surface area contributed by atoms with Gasteiger partial charge in [-0.1, -0.05) is 23.7 Å². The average molecular weight is 280 g/mol. The van der Waals surface area contributed by atoms with E-state index in [4.69, 9.17) is 17.4 Å². The number of aryl methyl sites for hydroxylation is 1. The second kappa shape index (κ2) is 6.10. The molecule has 1 atom stereocenters. The summed E-state index contributed by atoms with van der Waals surface area (Å²) < 4.78 is 13.0. The minimum atomic E-state index is -0.347. The minimum Gasteiger partial charge on any atom is -0.271 e. The number of benzene rings is 1. The summed E-state index contributed by atoms with van der Waals surface area (Å²) in [5, 5.41) is 0.397. The standard InChI is InChI=1S/C14H15ClFN3/c1-9-3-2-6-18-14(9)13(19-17)7-10-4-5-11(16)8-12(10)15/h2-6,8,13,19H,7,17H2,1H3. The van der Waals surface area contributed by atoms with E-state index in [1.807, 2.05) is 19.1 Å². The number of aromatic nitrogens is 1. The molecule has 0 aliphatic carbocycles. The molecule has 19 heavy (non-hydrogen) atoms. The average Bonchev–Trinajstić information content (AvgIpc) is 2.39.